The number of aryl methyl sites for hydroxylation is 1. The lowest BCUT2D eigenvalue weighted by atomic mass is 10.2. The topological polar surface area (TPSA) is 41.9 Å². The molecular formula is C15H22N4. The molecule has 1 saturated carbocycles. The Morgan fingerprint density at radius 1 is 1.37 bits per heavy atom. The molecule has 4 heteroatoms. The van der Waals surface area contributed by atoms with Crippen LogP contribution < -0.4 is 10.6 Å². The third-order valence-corrected chi connectivity index (χ3v) is 3.74. The SMILES string of the molecule is CC(CNC1CC1)NCc1nn(C)c2ccccc12. The quantitative estimate of drug-likeness (QED) is 0.830. The van der Waals surface area contributed by atoms with E-state index in [-0.39, 0.29) is 0 Å². The van der Waals surface area contributed by atoms with Crippen LogP contribution in [-0.4, -0.2) is 28.4 Å². The molecule has 1 unspecified atom stereocenters. The summed E-state index contributed by atoms with van der Waals surface area (Å²) in [7, 11) is 2.00. The molecule has 102 valence electrons. The highest BCUT2D eigenvalue weighted by molar-refractivity contribution is 5.81. The minimum Gasteiger partial charge on any atom is -0.312 e. The van der Waals surface area contributed by atoms with E-state index in [9.17, 15) is 0 Å². The van der Waals surface area contributed by atoms with E-state index in [1.54, 1.807) is 0 Å². The second kappa shape index (κ2) is 5.31. The molecule has 0 spiro atoms. The molecule has 2 N–H and O–H groups in total. The highest BCUT2D eigenvalue weighted by Gasteiger charge is 2.20. The maximum absolute atomic E-state index is 4.60. The Balaban J connectivity index is 1.61. The van der Waals surface area contributed by atoms with Gasteiger partial charge in [-0.05, 0) is 25.8 Å². The molecule has 4 nitrogen and oxygen atoms in total. The fourth-order valence-corrected chi connectivity index (χ4v) is 2.39. The molecule has 1 aromatic carbocycles. The predicted octanol–water partition coefficient (Wildman–Crippen LogP) is 1.80. The molecule has 0 amide bonds. The minimum absolute atomic E-state index is 0.473. The summed E-state index contributed by atoms with van der Waals surface area (Å²) in [5.41, 5.74) is 2.33. The van der Waals surface area contributed by atoms with Crippen LogP contribution in [0.15, 0.2) is 24.3 Å². The molecule has 19 heavy (non-hydrogen) atoms. The summed E-state index contributed by atoms with van der Waals surface area (Å²) in [4.78, 5) is 0. The van der Waals surface area contributed by atoms with Gasteiger partial charge in [0.15, 0.2) is 0 Å². The van der Waals surface area contributed by atoms with Gasteiger partial charge >= 0.3 is 0 Å². The van der Waals surface area contributed by atoms with Crippen LogP contribution in [0.25, 0.3) is 10.9 Å². The van der Waals surface area contributed by atoms with Crippen molar-refractivity contribution in [2.45, 2.75) is 38.4 Å². The third kappa shape index (κ3) is 2.96. The zero-order chi connectivity index (χ0) is 13.2. The van der Waals surface area contributed by atoms with Gasteiger partial charge in [0.1, 0.15) is 0 Å². The van der Waals surface area contributed by atoms with Crippen molar-refractivity contribution in [3.05, 3.63) is 30.0 Å². The molecule has 0 aliphatic heterocycles. The lowest BCUT2D eigenvalue weighted by Gasteiger charge is -2.13. The van der Waals surface area contributed by atoms with Crippen LogP contribution in [0.4, 0.5) is 0 Å². The zero-order valence-electron chi connectivity index (χ0n) is 11.7. The summed E-state index contributed by atoms with van der Waals surface area (Å²) in [5, 5.41) is 12.9. The predicted molar refractivity (Wildman–Crippen MR) is 78.0 cm³/mol. The molecular weight excluding hydrogens is 236 g/mol. The average molecular weight is 258 g/mol. The van der Waals surface area contributed by atoms with Gasteiger partial charge in [-0.2, -0.15) is 5.10 Å². The molecule has 0 bridgehead atoms. The van der Waals surface area contributed by atoms with E-state index in [2.05, 4.69) is 46.9 Å². The number of hydrogen-bond donors (Lipinski definition) is 2. The van der Waals surface area contributed by atoms with Crippen LogP contribution in [-0.2, 0) is 13.6 Å². The van der Waals surface area contributed by atoms with Gasteiger partial charge in [-0.25, -0.2) is 0 Å². The van der Waals surface area contributed by atoms with Crippen LogP contribution in [0.5, 0.6) is 0 Å². The first kappa shape index (κ1) is 12.6. The normalized spacial score (nSPS) is 16.9. The number of fused-ring (bicyclic) bond motifs is 1. The van der Waals surface area contributed by atoms with Crippen molar-refractivity contribution in [2.24, 2.45) is 7.05 Å². The fourth-order valence-electron chi connectivity index (χ4n) is 2.39. The molecule has 1 aliphatic rings. The van der Waals surface area contributed by atoms with E-state index >= 15 is 0 Å². The lowest BCUT2D eigenvalue weighted by molar-refractivity contribution is 0.495. The largest absolute Gasteiger partial charge is 0.312 e. The van der Waals surface area contributed by atoms with E-state index in [4.69, 9.17) is 0 Å². The van der Waals surface area contributed by atoms with E-state index in [1.165, 1.54) is 23.7 Å². The first-order valence-corrected chi connectivity index (χ1v) is 7.11. The highest BCUT2D eigenvalue weighted by atomic mass is 15.3. The van der Waals surface area contributed by atoms with Crippen molar-refractivity contribution in [1.29, 1.82) is 0 Å². The van der Waals surface area contributed by atoms with Crippen LogP contribution in [0.2, 0.25) is 0 Å². The van der Waals surface area contributed by atoms with Gasteiger partial charge in [0.2, 0.25) is 0 Å². The Hall–Kier alpha value is -1.39. The fraction of sp³-hybridized carbons (Fsp3) is 0.533. The van der Waals surface area contributed by atoms with Gasteiger partial charge in [-0.3, -0.25) is 4.68 Å². The molecule has 1 heterocycles. The second-order valence-electron chi connectivity index (χ2n) is 5.55. The average Bonchev–Trinajstić information content (AvgIpc) is 3.20. The van der Waals surface area contributed by atoms with Crippen molar-refractivity contribution >= 4 is 10.9 Å². The molecule has 1 fully saturated rings. The van der Waals surface area contributed by atoms with Crippen LogP contribution >= 0.6 is 0 Å². The van der Waals surface area contributed by atoms with Crippen molar-refractivity contribution < 1.29 is 0 Å². The van der Waals surface area contributed by atoms with E-state index in [1.807, 2.05) is 11.7 Å². The number of hydrogen-bond acceptors (Lipinski definition) is 3. The third-order valence-electron chi connectivity index (χ3n) is 3.74. The first-order valence-electron chi connectivity index (χ1n) is 7.11. The van der Waals surface area contributed by atoms with Gasteiger partial charge < -0.3 is 10.6 Å². The first-order chi connectivity index (χ1) is 9.24. The van der Waals surface area contributed by atoms with Gasteiger partial charge in [0, 0.05) is 37.6 Å². The van der Waals surface area contributed by atoms with E-state index in [0.717, 1.165) is 24.8 Å². The van der Waals surface area contributed by atoms with Crippen molar-refractivity contribution in [3.63, 3.8) is 0 Å². The second-order valence-corrected chi connectivity index (χ2v) is 5.55. The molecule has 1 aromatic heterocycles. The number of aromatic nitrogens is 2. The summed E-state index contributed by atoms with van der Waals surface area (Å²) in [6.07, 6.45) is 2.69. The Morgan fingerprint density at radius 2 is 2.16 bits per heavy atom. The van der Waals surface area contributed by atoms with E-state index < -0.39 is 0 Å². The summed E-state index contributed by atoms with van der Waals surface area (Å²) in [5.74, 6) is 0. The van der Waals surface area contributed by atoms with Crippen molar-refractivity contribution in [3.8, 4) is 0 Å². The molecule has 3 rings (SSSR count). The van der Waals surface area contributed by atoms with Gasteiger partial charge in [0.05, 0.1) is 11.2 Å². The lowest BCUT2D eigenvalue weighted by Crippen LogP contribution is -2.36. The number of nitrogens with zero attached hydrogens (tertiary/aromatic N) is 2. The number of rotatable bonds is 6. The molecule has 1 atom stereocenters. The molecule has 2 aromatic rings. The Morgan fingerprint density at radius 3 is 2.95 bits per heavy atom. The Labute approximate surface area is 114 Å². The zero-order valence-corrected chi connectivity index (χ0v) is 11.7. The van der Waals surface area contributed by atoms with Gasteiger partial charge in [0.25, 0.3) is 0 Å². The Bertz CT molecular complexity index is 556. The number of para-hydroxylation sites is 1. The summed E-state index contributed by atoms with van der Waals surface area (Å²) >= 11 is 0. The maximum Gasteiger partial charge on any atom is 0.0841 e. The van der Waals surface area contributed by atoms with Crippen LogP contribution in [0.1, 0.15) is 25.5 Å². The minimum atomic E-state index is 0.473. The summed E-state index contributed by atoms with van der Waals surface area (Å²) in [6, 6.07) is 9.65. The molecule has 1 aliphatic carbocycles. The summed E-state index contributed by atoms with van der Waals surface area (Å²) < 4.78 is 1.96. The molecule has 0 radical (unpaired) electrons. The summed E-state index contributed by atoms with van der Waals surface area (Å²) in [6.45, 7) is 4.09. The maximum atomic E-state index is 4.60. The highest BCUT2D eigenvalue weighted by Crippen LogP contribution is 2.19. The van der Waals surface area contributed by atoms with Crippen LogP contribution in [0.3, 0.4) is 0 Å². The Kier molecular flexibility index (Phi) is 3.53. The van der Waals surface area contributed by atoms with Gasteiger partial charge in [-0.1, -0.05) is 18.2 Å². The standard InChI is InChI=1S/C15H22N4/c1-11(9-17-12-7-8-12)16-10-14-13-5-3-4-6-15(13)19(2)18-14/h3-6,11-12,16-17H,7-10H2,1-2H3. The number of nitrogens with one attached hydrogen (secondary N) is 2. The monoisotopic (exact) mass is 258 g/mol. The number of benzene rings is 1. The van der Waals surface area contributed by atoms with E-state index in [0.29, 0.717) is 6.04 Å². The van der Waals surface area contributed by atoms with Crippen LogP contribution in [0, 0.1) is 0 Å². The van der Waals surface area contributed by atoms with Crippen molar-refractivity contribution in [2.75, 3.05) is 6.54 Å². The van der Waals surface area contributed by atoms with Crippen molar-refractivity contribution in [1.82, 2.24) is 20.4 Å². The molecule has 0 saturated heterocycles. The van der Waals surface area contributed by atoms with Gasteiger partial charge in [-0.15, -0.1) is 0 Å². The smallest absolute Gasteiger partial charge is 0.0841 e.